The van der Waals surface area contributed by atoms with Crippen molar-refractivity contribution in [2.24, 2.45) is 0 Å². The molecule has 0 heterocycles. The molecule has 146 valence electrons. The van der Waals surface area contributed by atoms with E-state index in [2.05, 4.69) is 5.32 Å². The summed E-state index contributed by atoms with van der Waals surface area (Å²) in [4.78, 5) is 12.4. The summed E-state index contributed by atoms with van der Waals surface area (Å²) in [5.41, 5.74) is 1.95. The molecule has 1 N–H and O–H groups in total. The van der Waals surface area contributed by atoms with Crippen LogP contribution in [-0.2, 0) is 21.1 Å². The Hall–Kier alpha value is -1.85. The molecule has 0 saturated carbocycles. The van der Waals surface area contributed by atoms with Crippen molar-refractivity contribution in [1.82, 2.24) is 5.32 Å². The maximum absolute atomic E-state index is 12.4. The van der Waals surface area contributed by atoms with Crippen molar-refractivity contribution in [1.29, 1.82) is 0 Å². The number of rotatable bonds is 10. The number of sulfone groups is 1. The Morgan fingerprint density at radius 2 is 1.70 bits per heavy atom. The summed E-state index contributed by atoms with van der Waals surface area (Å²) in [5.74, 6) is -0.878. The quantitative estimate of drug-likeness (QED) is 0.595. The molecule has 0 unspecified atom stereocenters. The van der Waals surface area contributed by atoms with Gasteiger partial charge in [-0.1, -0.05) is 73.8 Å². The number of hydrogen-bond donors (Lipinski definition) is 1. The van der Waals surface area contributed by atoms with E-state index in [1.165, 1.54) is 0 Å². The number of hydrogen-bond acceptors (Lipinski definition) is 3. The van der Waals surface area contributed by atoms with Crippen LogP contribution in [0.25, 0.3) is 0 Å². The summed E-state index contributed by atoms with van der Waals surface area (Å²) < 4.78 is 24.3. The third-order valence-corrected chi connectivity index (χ3v) is 6.16. The van der Waals surface area contributed by atoms with E-state index in [0.29, 0.717) is 17.9 Å². The van der Waals surface area contributed by atoms with Gasteiger partial charge in [-0.05, 0) is 36.1 Å². The average Bonchev–Trinajstić information content (AvgIpc) is 2.63. The maximum Gasteiger partial charge on any atom is 0.235 e. The van der Waals surface area contributed by atoms with Gasteiger partial charge in [0.05, 0.1) is 11.8 Å². The van der Waals surface area contributed by atoms with E-state index in [4.69, 9.17) is 11.6 Å². The summed E-state index contributed by atoms with van der Waals surface area (Å²) in [6.45, 7) is 2.01. The van der Waals surface area contributed by atoms with Crippen molar-refractivity contribution in [2.45, 2.75) is 38.6 Å². The fraction of sp³-hybridized carbons (Fsp3) is 0.381. The van der Waals surface area contributed by atoms with Gasteiger partial charge in [0.25, 0.3) is 0 Å². The largest absolute Gasteiger partial charge is 0.348 e. The second-order valence-corrected chi connectivity index (χ2v) is 9.28. The molecule has 4 nitrogen and oxygen atoms in total. The molecular formula is C21H26ClNO3S. The van der Waals surface area contributed by atoms with Gasteiger partial charge in [0, 0.05) is 5.02 Å². The highest BCUT2D eigenvalue weighted by Gasteiger charge is 2.20. The zero-order valence-electron chi connectivity index (χ0n) is 15.5. The number of nitrogens with one attached hydrogen (secondary N) is 1. The van der Waals surface area contributed by atoms with Gasteiger partial charge < -0.3 is 5.32 Å². The molecule has 0 aliphatic heterocycles. The molecule has 2 rings (SSSR count). The molecule has 0 radical (unpaired) electrons. The van der Waals surface area contributed by atoms with Gasteiger partial charge in [0.1, 0.15) is 5.75 Å². The van der Waals surface area contributed by atoms with Gasteiger partial charge >= 0.3 is 0 Å². The van der Waals surface area contributed by atoms with Crippen LogP contribution in [0.5, 0.6) is 0 Å². The van der Waals surface area contributed by atoms with Gasteiger partial charge in [-0.3, -0.25) is 4.79 Å². The molecule has 0 saturated heterocycles. The van der Waals surface area contributed by atoms with E-state index in [1.807, 2.05) is 49.4 Å². The first-order valence-electron chi connectivity index (χ1n) is 9.19. The Kier molecular flexibility index (Phi) is 8.32. The van der Waals surface area contributed by atoms with Crippen molar-refractivity contribution in [3.05, 3.63) is 70.7 Å². The van der Waals surface area contributed by atoms with Gasteiger partial charge in [0.2, 0.25) is 5.91 Å². The van der Waals surface area contributed by atoms with Crippen molar-refractivity contribution in [2.75, 3.05) is 11.5 Å². The molecule has 2 aromatic rings. The maximum atomic E-state index is 12.4. The Morgan fingerprint density at radius 3 is 2.33 bits per heavy atom. The van der Waals surface area contributed by atoms with E-state index in [-0.39, 0.29) is 11.8 Å². The number of carbonyl (C=O) groups is 1. The van der Waals surface area contributed by atoms with Crippen molar-refractivity contribution < 1.29 is 13.2 Å². The minimum Gasteiger partial charge on any atom is -0.348 e. The van der Waals surface area contributed by atoms with Crippen LogP contribution in [0.4, 0.5) is 0 Å². The molecule has 0 aliphatic rings. The van der Waals surface area contributed by atoms with Crippen molar-refractivity contribution >= 4 is 27.3 Å². The second kappa shape index (κ2) is 10.5. The fourth-order valence-electron chi connectivity index (χ4n) is 2.87. The number of unbranched alkanes of at least 4 members (excludes halogenated alkanes) is 2. The van der Waals surface area contributed by atoms with E-state index >= 15 is 0 Å². The number of benzene rings is 2. The highest BCUT2D eigenvalue weighted by atomic mass is 35.5. The molecule has 0 fully saturated rings. The molecule has 1 atom stereocenters. The van der Waals surface area contributed by atoms with Crippen LogP contribution >= 0.6 is 11.6 Å². The molecule has 6 heteroatoms. The second-order valence-electron chi connectivity index (χ2n) is 6.66. The number of halogens is 1. The Labute approximate surface area is 166 Å². The smallest absolute Gasteiger partial charge is 0.235 e. The van der Waals surface area contributed by atoms with Crippen LogP contribution in [0.15, 0.2) is 54.6 Å². The normalized spacial score (nSPS) is 12.5. The van der Waals surface area contributed by atoms with E-state index < -0.39 is 21.5 Å². The lowest BCUT2D eigenvalue weighted by Gasteiger charge is -2.20. The number of amides is 1. The molecular weight excluding hydrogens is 382 g/mol. The van der Waals surface area contributed by atoms with E-state index in [0.717, 1.165) is 24.0 Å². The molecule has 0 aliphatic carbocycles. The zero-order valence-corrected chi connectivity index (χ0v) is 17.1. The average molecular weight is 408 g/mol. The standard InChI is InChI=1S/C21H26ClNO3S/c1-2-3-7-14-27(25,26)16-21(24)23-20(18-8-5-4-6-9-18)15-17-10-12-19(22)13-11-17/h4-6,8-13,20H,2-3,7,14-16H2,1H3,(H,23,24)/t20-/m0/s1. The lowest BCUT2D eigenvalue weighted by atomic mass is 9.99. The van der Waals surface area contributed by atoms with E-state index in [9.17, 15) is 13.2 Å². The highest BCUT2D eigenvalue weighted by Crippen LogP contribution is 2.20. The Bertz CT molecular complexity index is 820. The van der Waals surface area contributed by atoms with Gasteiger partial charge in [0.15, 0.2) is 9.84 Å². The first-order valence-corrected chi connectivity index (χ1v) is 11.4. The summed E-state index contributed by atoms with van der Waals surface area (Å²) in [5, 5.41) is 3.54. The number of carbonyl (C=O) groups excluding carboxylic acids is 1. The van der Waals surface area contributed by atoms with Crippen LogP contribution in [0.1, 0.15) is 43.4 Å². The van der Waals surface area contributed by atoms with Crippen LogP contribution in [0.2, 0.25) is 5.02 Å². The highest BCUT2D eigenvalue weighted by molar-refractivity contribution is 7.92. The van der Waals surface area contributed by atoms with Crippen LogP contribution in [0, 0.1) is 0 Å². The van der Waals surface area contributed by atoms with Gasteiger partial charge in [-0.2, -0.15) is 0 Å². The van der Waals surface area contributed by atoms with Crippen molar-refractivity contribution in [3.63, 3.8) is 0 Å². The Morgan fingerprint density at radius 1 is 1.04 bits per heavy atom. The third-order valence-electron chi connectivity index (χ3n) is 4.30. The molecule has 0 bridgehead atoms. The molecule has 0 aromatic heterocycles. The minimum atomic E-state index is -3.39. The lowest BCUT2D eigenvalue weighted by molar-refractivity contribution is -0.119. The lowest BCUT2D eigenvalue weighted by Crippen LogP contribution is -2.35. The summed E-state index contributed by atoms with van der Waals surface area (Å²) in [6, 6.07) is 16.7. The first kappa shape index (κ1) is 21.5. The monoisotopic (exact) mass is 407 g/mol. The molecule has 0 spiro atoms. The minimum absolute atomic E-state index is 0.0570. The van der Waals surface area contributed by atoms with Crippen LogP contribution in [0.3, 0.4) is 0 Å². The van der Waals surface area contributed by atoms with Crippen LogP contribution in [-0.4, -0.2) is 25.8 Å². The molecule has 27 heavy (non-hydrogen) atoms. The summed E-state index contributed by atoms with van der Waals surface area (Å²) in [7, 11) is -3.39. The van der Waals surface area contributed by atoms with Gasteiger partial charge in [-0.25, -0.2) is 8.42 Å². The van der Waals surface area contributed by atoms with Crippen LogP contribution < -0.4 is 5.32 Å². The van der Waals surface area contributed by atoms with Crippen molar-refractivity contribution in [3.8, 4) is 0 Å². The topological polar surface area (TPSA) is 63.2 Å². The third kappa shape index (κ3) is 7.73. The van der Waals surface area contributed by atoms with E-state index in [1.54, 1.807) is 12.1 Å². The summed E-state index contributed by atoms with van der Waals surface area (Å²) in [6.07, 6.45) is 2.95. The molecule has 1 amide bonds. The molecule has 2 aromatic carbocycles. The fourth-order valence-corrected chi connectivity index (χ4v) is 4.27. The predicted octanol–water partition coefficient (Wildman–Crippen LogP) is 4.35. The first-order chi connectivity index (χ1) is 12.9. The SMILES string of the molecule is CCCCCS(=O)(=O)CC(=O)N[C@@H](Cc1ccc(Cl)cc1)c1ccccc1. The van der Waals surface area contributed by atoms with Gasteiger partial charge in [-0.15, -0.1) is 0 Å². The predicted molar refractivity (Wildman–Crippen MR) is 111 cm³/mol. The summed E-state index contributed by atoms with van der Waals surface area (Å²) >= 11 is 5.94. The Balaban J connectivity index is 2.07. The zero-order chi connectivity index (χ0) is 19.7.